The van der Waals surface area contributed by atoms with Crippen molar-refractivity contribution in [2.75, 3.05) is 57.3 Å². The number of nitrogens with one attached hydrogen (secondary N) is 1. The zero-order valence-corrected chi connectivity index (χ0v) is 16.0. The van der Waals surface area contributed by atoms with Gasteiger partial charge in [-0.1, -0.05) is 13.8 Å². The molecule has 146 valence electrons. The average molecular weight is 387 g/mol. The number of aliphatic hydroxyl groups is 1. The van der Waals surface area contributed by atoms with Gasteiger partial charge in [0, 0.05) is 25.2 Å². The largest absolute Gasteiger partial charge is 0.391 e. The molecule has 0 atom stereocenters. The quantitative estimate of drug-likeness (QED) is 0.452. The summed E-state index contributed by atoms with van der Waals surface area (Å²) in [5.74, 6) is 0. The van der Waals surface area contributed by atoms with Gasteiger partial charge < -0.3 is 14.9 Å². The normalized spacial score (nSPS) is 16.2. The molecule has 1 aliphatic heterocycles. The van der Waals surface area contributed by atoms with Gasteiger partial charge in [0.1, 0.15) is 11.4 Å². The van der Waals surface area contributed by atoms with Crippen LogP contribution in [0.4, 0.5) is 11.4 Å². The molecule has 10 heteroatoms. The van der Waals surface area contributed by atoms with Gasteiger partial charge in [0.2, 0.25) is 10.0 Å². The number of piperazine rings is 1. The smallest absolute Gasteiger partial charge is 0.270 e. The number of nitrogens with zero attached hydrogens (tertiary/aromatic N) is 3. The Labute approximate surface area is 154 Å². The maximum Gasteiger partial charge on any atom is 0.270 e. The third-order valence-electron chi connectivity index (χ3n) is 4.75. The van der Waals surface area contributed by atoms with Crippen LogP contribution in [0.25, 0.3) is 0 Å². The first-order valence-electron chi connectivity index (χ1n) is 8.83. The highest BCUT2D eigenvalue weighted by molar-refractivity contribution is 7.89. The van der Waals surface area contributed by atoms with Gasteiger partial charge in [0.15, 0.2) is 0 Å². The van der Waals surface area contributed by atoms with Crippen molar-refractivity contribution in [1.82, 2.24) is 4.31 Å². The molecule has 26 heavy (non-hydrogen) atoms. The SMILES string of the molecule is CCN(CC)S(=O)(=O)c1cc([N+](=O)[O-])ccc1N1CC[NH+](CCO)CC1. The van der Waals surface area contributed by atoms with Crippen LogP contribution >= 0.6 is 0 Å². The number of hydrogen-bond donors (Lipinski definition) is 2. The number of rotatable bonds is 8. The number of nitro benzene ring substituents is 1. The molecule has 2 N–H and O–H groups in total. The summed E-state index contributed by atoms with van der Waals surface area (Å²) in [6, 6.07) is 4.05. The lowest BCUT2D eigenvalue weighted by molar-refractivity contribution is -0.900. The minimum absolute atomic E-state index is 0.0130. The lowest BCUT2D eigenvalue weighted by Crippen LogP contribution is -3.15. The van der Waals surface area contributed by atoms with E-state index < -0.39 is 14.9 Å². The molecule has 1 heterocycles. The maximum atomic E-state index is 13.0. The molecule has 2 rings (SSSR count). The number of quaternary nitrogens is 1. The van der Waals surface area contributed by atoms with Gasteiger partial charge >= 0.3 is 0 Å². The number of nitro groups is 1. The predicted molar refractivity (Wildman–Crippen MR) is 98.1 cm³/mol. The van der Waals surface area contributed by atoms with Crippen LogP contribution in [0.15, 0.2) is 23.1 Å². The Morgan fingerprint density at radius 1 is 1.27 bits per heavy atom. The number of hydrogen-bond acceptors (Lipinski definition) is 6. The monoisotopic (exact) mass is 387 g/mol. The van der Waals surface area contributed by atoms with Gasteiger partial charge in [-0.05, 0) is 6.07 Å². The summed E-state index contributed by atoms with van der Waals surface area (Å²) in [5.41, 5.74) is 0.273. The van der Waals surface area contributed by atoms with E-state index in [1.807, 2.05) is 4.90 Å². The first kappa shape index (κ1) is 20.6. The Morgan fingerprint density at radius 3 is 2.38 bits per heavy atom. The van der Waals surface area contributed by atoms with E-state index in [-0.39, 0.29) is 17.2 Å². The van der Waals surface area contributed by atoms with Crippen LogP contribution in [0.5, 0.6) is 0 Å². The predicted octanol–water partition coefficient (Wildman–Crippen LogP) is -0.677. The molecular formula is C16H27N4O5S+. The molecule has 1 aliphatic rings. The lowest BCUT2D eigenvalue weighted by Gasteiger charge is -2.34. The zero-order valence-electron chi connectivity index (χ0n) is 15.2. The summed E-state index contributed by atoms with van der Waals surface area (Å²) < 4.78 is 27.4. The Morgan fingerprint density at radius 2 is 1.88 bits per heavy atom. The van der Waals surface area contributed by atoms with Gasteiger partial charge in [-0.2, -0.15) is 4.31 Å². The molecule has 0 amide bonds. The van der Waals surface area contributed by atoms with Gasteiger partial charge in [0.05, 0.1) is 43.4 Å². The van der Waals surface area contributed by atoms with E-state index in [1.54, 1.807) is 13.8 Å². The van der Waals surface area contributed by atoms with Crippen molar-refractivity contribution < 1.29 is 23.3 Å². The summed E-state index contributed by atoms with van der Waals surface area (Å²) in [4.78, 5) is 13.8. The summed E-state index contributed by atoms with van der Waals surface area (Å²) in [5, 5.41) is 20.2. The molecule has 0 saturated carbocycles. The summed E-state index contributed by atoms with van der Waals surface area (Å²) >= 11 is 0. The van der Waals surface area contributed by atoms with Crippen LogP contribution in [-0.2, 0) is 10.0 Å². The van der Waals surface area contributed by atoms with Crippen LogP contribution in [0.1, 0.15) is 13.8 Å². The third kappa shape index (κ3) is 4.32. The fourth-order valence-electron chi connectivity index (χ4n) is 3.26. The minimum Gasteiger partial charge on any atom is -0.391 e. The van der Waals surface area contributed by atoms with Crippen molar-refractivity contribution in [2.45, 2.75) is 18.7 Å². The zero-order chi connectivity index (χ0) is 19.3. The summed E-state index contributed by atoms with van der Waals surface area (Å²) in [6.45, 7) is 7.70. The fraction of sp³-hybridized carbons (Fsp3) is 0.625. The lowest BCUT2D eigenvalue weighted by atomic mass is 10.2. The van der Waals surface area contributed by atoms with Crippen LogP contribution < -0.4 is 9.80 Å². The van der Waals surface area contributed by atoms with Crippen LogP contribution in [0, 0.1) is 10.1 Å². The van der Waals surface area contributed by atoms with Crippen LogP contribution in [-0.4, -0.2) is 75.2 Å². The first-order chi connectivity index (χ1) is 12.3. The Hall–Kier alpha value is -1.75. The molecule has 1 fully saturated rings. The van der Waals surface area contributed by atoms with Gasteiger partial charge in [-0.15, -0.1) is 0 Å². The van der Waals surface area contributed by atoms with Gasteiger partial charge in [-0.25, -0.2) is 8.42 Å². The van der Waals surface area contributed by atoms with E-state index in [4.69, 9.17) is 5.11 Å². The first-order valence-corrected chi connectivity index (χ1v) is 10.3. The van der Waals surface area contributed by atoms with Crippen molar-refractivity contribution >= 4 is 21.4 Å². The van der Waals surface area contributed by atoms with E-state index in [0.717, 1.165) is 19.2 Å². The van der Waals surface area contributed by atoms with Crippen molar-refractivity contribution in [3.05, 3.63) is 28.3 Å². The average Bonchev–Trinajstić information content (AvgIpc) is 2.63. The van der Waals surface area contributed by atoms with E-state index in [9.17, 15) is 18.5 Å². The van der Waals surface area contributed by atoms with Crippen LogP contribution in [0.2, 0.25) is 0 Å². The second-order valence-electron chi connectivity index (χ2n) is 6.21. The Kier molecular flexibility index (Phi) is 6.93. The second kappa shape index (κ2) is 8.76. The van der Waals surface area contributed by atoms with E-state index >= 15 is 0 Å². The summed E-state index contributed by atoms with van der Waals surface area (Å²) in [6.07, 6.45) is 0. The van der Waals surface area contributed by atoms with E-state index in [1.165, 1.54) is 21.3 Å². The van der Waals surface area contributed by atoms with Crippen molar-refractivity contribution in [3.8, 4) is 0 Å². The highest BCUT2D eigenvalue weighted by atomic mass is 32.2. The molecule has 0 unspecified atom stereocenters. The van der Waals surface area contributed by atoms with Gasteiger partial charge in [-0.3, -0.25) is 10.1 Å². The van der Waals surface area contributed by atoms with Crippen molar-refractivity contribution in [2.24, 2.45) is 0 Å². The molecule has 1 aromatic carbocycles. The molecule has 1 aromatic rings. The highest BCUT2D eigenvalue weighted by Gasteiger charge is 2.31. The van der Waals surface area contributed by atoms with Crippen molar-refractivity contribution in [3.63, 3.8) is 0 Å². The Balaban J connectivity index is 2.42. The van der Waals surface area contributed by atoms with E-state index in [2.05, 4.69) is 0 Å². The maximum absolute atomic E-state index is 13.0. The molecular weight excluding hydrogens is 360 g/mol. The Bertz CT molecular complexity index is 728. The number of benzene rings is 1. The van der Waals surface area contributed by atoms with E-state index in [0.29, 0.717) is 38.4 Å². The molecule has 9 nitrogen and oxygen atoms in total. The number of sulfonamides is 1. The molecule has 0 aliphatic carbocycles. The number of non-ortho nitro benzene ring substituents is 1. The summed E-state index contributed by atoms with van der Waals surface area (Å²) in [7, 11) is -3.82. The number of anilines is 1. The third-order valence-corrected chi connectivity index (χ3v) is 6.83. The minimum atomic E-state index is -3.82. The number of aliphatic hydroxyl groups excluding tert-OH is 1. The molecule has 0 aromatic heterocycles. The van der Waals surface area contributed by atoms with Crippen molar-refractivity contribution in [1.29, 1.82) is 0 Å². The fourth-order valence-corrected chi connectivity index (χ4v) is 4.95. The molecule has 0 bridgehead atoms. The van der Waals surface area contributed by atoms with Crippen LogP contribution in [0.3, 0.4) is 0 Å². The molecule has 0 spiro atoms. The topological polar surface area (TPSA) is 108 Å². The standard InChI is InChI=1S/C16H26N4O5S/c1-3-19(4-2)26(24,25)16-13-14(20(22)23)5-6-15(16)18-9-7-17(8-10-18)11-12-21/h5-6,13,21H,3-4,7-12H2,1-2H3/p+1. The second-order valence-corrected chi connectivity index (χ2v) is 8.12. The molecule has 0 radical (unpaired) electrons. The van der Waals surface area contributed by atoms with Gasteiger partial charge in [0.25, 0.3) is 5.69 Å². The highest BCUT2D eigenvalue weighted by Crippen LogP contribution is 2.31. The molecule has 1 saturated heterocycles.